The minimum atomic E-state index is -0.0364. The Morgan fingerprint density at radius 3 is 2.65 bits per heavy atom. The molecular formula is C13H21N3O. The number of likely N-dealkylation sites (N-methyl/N-ethyl adjacent to an activating group) is 1. The number of anilines is 1. The van der Waals surface area contributed by atoms with Crippen LogP contribution in [-0.2, 0) is 11.3 Å². The van der Waals surface area contributed by atoms with Crippen LogP contribution >= 0.6 is 0 Å². The molecule has 0 radical (unpaired) electrons. The molecule has 0 atom stereocenters. The molecule has 0 bridgehead atoms. The SMILES string of the molecule is CC(=O)Nc1ccccc1CNCCN(C)C. The molecule has 0 aromatic heterocycles. The third-order valence-corrected chi connectivity index (χ3v) is 2.38. The van der Waals surface area contributed by atoms with E-state index < -0.39 is 0 Å². The van der Waals surface area contributed by atoms with E-state index in [-0.39, 0.29) is 5.91 Å². The average Bonchev–Trinajstić information content (AvgIpc) is 2.25. The molecule has 0 aliphatic heterocycles. The van der Waals surface area contributed by atoms with Gasteiger partial charge in [0, 0.05) is 32.2 Å². The second-order valence-electron chi connectivity index (χ2n) is 4.32. The van der Waals surface area contributed by atoms with Gasteiger partial charge in [-0.05, 0) is 25.7 Å². The van der Waals surface area contributed by atoms with Crippen LogP contribution in [0.5, 0.6) is 0 Å². The van der Waals surface area contributed by atoms with Crippen LogP contribution in [0.25, 0.3) is 0 Å². The van der Waals surface area contributed by atoms with Crippen molar-refractivity contribution in [3.05, 3.63) is 29.8 Å². The lowest BCUT2D eigenvalue weighted by atomic mass is 10.1. The molecule has 1 aromatic carbocycles. The summed E-state index contributed by atoms with van der Waals surface area (Å²) < 4.78 is 0. The Bertz CT molecular complexity index is 363. The summed E-state index contributed by atoms with van der Waals surface area (Å²) in [5.41, 5.74) is 2.00. The molecule has 0 spiro atoms. The van der Waals surface area contributed by atoms with E-state index in [4.69, 9.17) is 0 Å². The highest BCUT2D eigenvalue weighted by molar-refractivity contribution is 5.89. The Labute approximate surface area is 103 Å². The maximum Gasteiger partial charge on any atom is 0.221 e. The first-order chi connectivity index (χ1) is 8.09. The normalized spacial score (nSPS) is 10.6. The van der Waals surface area contributed by atoms with E-state index in [1.165, 1.54) is 6.92 Å². The Balaban J connectivity index is 2.49. The van der Waals surface area contributed by atoms with Crippen LogP contribution in [0.3, 0.4) is 0 Å². The molecule has 4 heteroatoms. The molecule has 0 heterocycles. The summed E-state index contributed by atoms with van der Waals surface area (Å²) in [5, 5.41) is 6.19. The van der Waals surface area contributed by atoms with Crippen molar-refractivity contribution in [1.29, 1.82) is 0 Å². The van der Waals surface area contributed by atoms with Gasteiger partial charge in [-0.15, -0.1) is 0 Å². The van der Waals surface area contributed by atoms with Gasteiger partial charge in [0.15, 0.2) is 0 Å². The summed E-state index contributed by atoms with van der Waals surface area (Å²) in [7, 11) is 4.10. The van der Waals surface area contributed by atoms with Crippen molar-refractivity contribution < 1.29 is 4.79 Å². The fourth-order valence-electron chi connectivity index (χ4n) is 1.51. The smallest absolute Gasteiger partial charge is 0.221 e. The molecular weight excluding hydrogens is 214 g/mol. The standard InChI is InChI=1S/C13H21N3O/c1-11(17)15-13-7-5-4-6-12(13)10-14-8-9-16(2)3/h4-7,14H,8-10H2,1-3H3,(H,15,17). The summed E-state index contributed by atoms with van der Waals surface area (Å²) in [6.45, 7) is 4.23. The van der Waals surface area contributed by atoms with E-state index in [1.807, 2.05) is 38.4 Å². The number of rotatable bonds is 6. The number of carbonyl (C=O) groups excluding carboxylic acids is 1. The number of hydrogen-bond donors (Lipinski definition) is 2. The highest BCUT2D eigenvalue weighted by Crippen LogP contribution is 2.14. The van der Waals surface area contributed by atoms with Gasteiger partial charge < -0.3 is 15.5 Å². The zero-order valence-corrected chi connectivity index (χ0v) is 10.8. The number of amides is 1. The first kappa shape index (κ1) is 13.7. The fourth-order valence-corrected chi connectivity index (χ4v) is 1.51. The van der Waals surface area contributed by atoms with Crippen molar-refractivity contribution in [3.8, 4) is 0 Å². The molecule has 17 heavy (non-hydrogen) atoms. The molecule has 1 rings (SSSR count). The van der Waals surface area contributed by atoms with Crippen LogP contribution in [0, 0.1) is 0 Å². The van der Waals surface area contributed by atoms with Gasteiger partial charge in [-0.2, -0.15) is 0 Å². The summed E-state index contributed by atoms with van der Waals surface area (Å²) in [6, 6.07) is 7.85. The van der Waals surface area contributed by atoms with Crippen molar-refractivity contribution in [2.24, 2.45) is 0 Å². The van der Waals surface area contributed by atoms with Gasteiger partial charge in [0.05, 0.1) is 0 Å². The first-order valence-corrected chi connectivity index (χ1v) is 5.80. The number of nitrogens with zero attached hydrogens (tertiary/aromatic N) is 1. The molecule has 0 unspecified atom stereocenters. The van der Waals surface area contributed by atoms with E-state index in [0.717, 1.165) is 30.9 Å². The summed E-state index contributed by atoms with van der Waals surface area (Å²) >= 11 is 0. The largest absolute Gasteiger partial charge is 0.326 e. The van der Waals surface area contributed by atoms with E-state index in [2.05, 4.69) is 15.5 Å². The van der Waals surface area contributed by atoms with Crippen molar-refractivity contribution >= 4 is 11.6 Å². The Hall–Kier alpha value is -1.39. The Morgan fingerprint density at radius 1 is 1.29 bits per heavy atom. The minimum Gasteiger partial charge on any atom is -0.326 e. The number of hydrogen-bond acceptors (Lipinski definition) is 3. The van der Waals surface area contributed by atoms with Gasteiger partial charge in [-0.3, -0.25) is 4.79 Å². The van der Waals surface area contributed by atoms with Crippen LogP contribution in [0.15, 0.2) is 24.3 Å². The molecule has 0 aliphatic rings. The van der Waals surface area contributed by atoms with Gasteiger partial charge in [0.1, 0.15) is 0 Å². The number of para-hydroxylation sites is 1. The van der Waals surface area contributed by atoms with Gasteiger partial charge in [0.2, 0.25) is 5.91 Å². The number of benzene rings is 1. The molecule has 0 fully saturated rings. The maximum absolute atomic E-state index is 11.0. The second kappa shape index (κ2) is 7.04. The zero-order valence-electron chi connectivity index (χ0n) is 10.8. The van der Waals surface area contributed by atoms with Crippen LogP contribution in [0.2, 0.25) is 0 Å². The average molecular weight is 235 g/mol. The quantitative estimate of drug-likeness (QED) is 0.730. The van der Waals surface area contributed by atoms with Gasteiger partial charge in [0.25, 0.3) is 0 Å². The van der Waals surface area contributed by atoms with Crippen molar-refractivity contribution in [1.82, 2.24) is 10.2 Å². The van der Waals surface area contributed by atoms with E-state index >= 15 is 0 Å². The maximum atomic E-state index is 11.0. The van der Waals surface area contributed by atoms with Gasteiger partial charge >= 0.3 is 0 Å². The fraction of sp³-hybridized carbons (Fsp3) is 0.462. The third-order valence-electron chi connectivity index (χ3n) is 2.38. The van der Waals surface area contributed by atoms with Gasteiger partial charge in [-0.1, -0.05) is 18.2 Å². The predicted molar refractivity (Wildman–Crippen MR) is 71.0 cm³/mol. The lowest BCUT2D eigenvalue weighted by molar-refractivity contribution is -0.114. The molecule has 0 saturated carbocycles. The molecule has 1 aromatic rings. The molecule has 1 amide bonds. The van der Waals surface area contributed by atoms with Crippen LogP contribution in [0.1, 0.15) is 12.5 Å². The highest BCUT2D eigenvalue weighted by atomic mass is 16.1. The topological polar surface area (TPSA) is 44.4 Å². The van der Waals surface area contributed by atoms with E-state index in [9.17, 15) is 4.79 Å². The van der Waals surface area contributed by atoms with Crippen LogP contribution in [0.4, 0.5) is 5.69 Å². The van der Waals surface area contributed by atoms with E-state index in [1.54, 1.807) is 0 Å². The Morgan fingerprint density at radius 2 is 2.00 bits per heavy atom. The summed E-state index contributed by atoms with van der Waals surface area (Å²) in [6.07, 6.45) is 0. The third kappa shape index (κ3) is 5.47. The van der Waals surface area contributed by atoms with Crippen LogP contribution < -0.4 is 10.6 Å². The molecule has 94 valence electrons. The van der Waals surface area contributed by atoms with Crippen molar-refractivity contribution in [2.75, 3.05) is 32.5 Å². The zero-order chi connectivity index (χ0) is 12.7. The molecule has 4 nitrogen and oxygen atoms in total. The monoisotopic (exact) mass is 235 g/mol. The second-order valence-corrected chi connectivity index (χ2v) is 4.32. The first-order valence-electron chi connectivity index (χ1n) is 5.80. The number of nitrogens with one attached hydrogen (secondary N) is 2. The van der Waals surface area contributed by atoms with Gasteiger partial charge in [-0.25, -0.2) is 0 Å². The minimum absolute atomic E-state index is 0.0364. The van der Waals surface area contributed by atoms with Crippen LogP contribution in [-0.4, -0.2) is 38.0 Å². The lowest BCUT2D eigenvalue weighted by Gasteiger charge is -2.13. The van der Waals surface area contributed by atoms with E-state index in [0.29, 0.717) is 0 Å². The van der Waals surface area contributed by atoms with Crippen molar-refractivity contribution in [3.63, 3.8) is 0 Å². The molecule has 0 saturated heterocycles. The number of carbonyl (C=O) groups is 1. The van der Waals surface area contributed by atoms with Crippen molar-refractivity contribution in [2.45, 2.75) is 13.5 Å². The predicted octanol–water partition coefficient (Wildman–Crippen LogP) is 1.30. The molecule has 0 aliphatic carbocycles. The summed E-state index contributed by atoms with van der Waals surface area (Å²) in [5.74, 6) is -0.0364. The Kier molecular flexibility index (Phi) is 5.66. The summed E-state index contributed by atoms with van der Waals surface area (Å²) in [4.78, 5) is 13.2. The lowest BCUT2D eigenvalue weighted by Crippen LogP contribution is -2.26. The highest BCUT2D eigenvalue weighted by Gasteiger charge is 2.02. The molecule has 2 N–H and O–H groups in total.